The Morgan fingerprint density at radius 1 is 1.40 bits per heavy atom. The van der Waals surface area contributed by atoms with Gasteiger partial charge < -0.3 is 9.47 Å². The van der Waals surface area contributed by atoms with Crippen molar-refractivity contribution in [3.63, 3.8) is 0 Å². The number of rotatable bonds is 6. The van der Waals surface area contributed by atoms with E-state index in [0.29, 0.717) is 25.0 Å². The SMILES string of the molecule is C=C(C)C(=O)OCCC(C)CC(=O)OC. The van der Waals surface area contributed by atoms with E-state index in [1.54, 1.807) is 6.92 Å². The summed E-state index contributed by atoms with van der Waals surface area (Å²) in [5.74, 6) is -0.482. The van der Waals surface area contributed by atoms with Crippen LogP contribution in [0.5, 0.6) is 0 Å². The predicted molar refractivity (Wildman–Crippen MR) is 56.2 cm³/mol. The molecule has 0 aromatic carbocycles. The van der Waals surface area contributed by atoms with Crippen LogP contribution in [0, 0.1) is 5.92 Å². The molecule has 1 atom stereocenters. The van der Waals surface area contributed by atoms with Crippen molar-refractivity contribution in [2.45, 2.75) is 26.7 Å². The number of methoxy groups -OCH3 is 1. The van der Waals surface area contributed by atoms with E-state index in [2.05, 4.69) is 11.3 Å². The Morgan fingerprint density at radius 3 is 2.47 bits per heavy atom. The van der Waals surface area contributed by atoms with Crippen molar-refractivity contribution in [3.05, 3.63) is 12.2 Å². The van der Waals surface area contributed by atoms with Gasteiger partial charge in [-0.05, 0) is 19.3 Å². The standard InChI is InChI=1S/C11H18O4/c1-8(2)11(13)15-6-5-9(3)7-10(12)14-4/h9H,1,5-7H2,2-4H3. The summed E-state index contributed by atoms with van der Waals surface area (Å²) in [5.41, 5.74) is 0.385. The summed E-state index contributed by atoms with van der Waals surface area (Å²) in [6.45, 7) is 7.28. The first-order valence-corrected chi connectivity index (χ1v) is 4.86. The highest BCUT2D eigenvalue weighted by molar-refractivity contribution is 5.86. The number of hydrogen-bond donors (Lipinski definition) is 0. The van der Waals surface area contributed by atoms with Crippen molar-refractivity contribution in [1.29, 1.82) is 0 Å². The molecule has 0 aliphatic rings. The normalized spacial score (nSPS) is 11.7. The molecule has 15 heavy (non-hydrogen) atoms. The second kappa shape index (κ2) is 7.04. The number of esters is 2. The van der Waals surface area contributed by atoms with Gasteiger partial charge in [-0.1, -0.05) is 13.5 Å². The number of ether oxygens (including phenoxy) is 2. The molecule has 0 fully saturated rings. The zero-order valence-electron chi connectivity index (χ0n) is 9.54. The average molecular weight is 214 g/mol. The first-order valence-electron chi connectivity index (χ1n) is 4.86. The minimum Gasteiger partial charge on any atom is -0.469 e. The van der Waals surface area contributed by atoms with Crippen LogP contribution < -0.4 is 0 Å². The van der Waals surface area contributed by atoms with E-state index in [-0.39, 0.29) is 17.9 Å². The summed E-state index contributed by atoms with van der Waals surface area (Å²) in [4.78, 5) is 21.9. The van der Waals surface area contributed by atoms with E-state index in [0.717, 1.165) is 0 Å². The Hall–Kier alpha value is -1.32. The lowest BCUT2D eigenvalue weighted by atomic mass is 10.1. The van der Waals surface area contributed by atoms with Gasteiger partial charge in [0.05, 0.1) is 13.7 Å². The molecule has 0 aliphatic heterocycles. The third-order valence-corrected chi connectivity index (χ3v) is 1.94. The molecule has 0 amide bonds. The fourth-order valence-electron chi connectivity index (χ4n) is 0.946. The maximum Gasteiger partial charge on any atom is 0.333 e. The zero-order chi connectivity index (χ0) is 11.8. The molecule has 0 N–H and O–H groups in total. The number of hydrogen-bond acceptors (Lipinski definition) is 4. The topological polar surface area (TPSA) is 52.6 Å². The van der Waals surface area contributed by atoms with Gasteiger partial charge in [0, 0.05) is 12.0 Å². The van der Waals surface area contributed by atoms with Crippen molar-refractivity contribution in [2.75, 3.05) is 13.7 Å². The molecule has 0 aromatic rings. The lowest BCUT2D eigenvalue weighted by molar-refractivity contribution is -0.141. The van der Waals surface area contributed by atoms with Crippen LogP contribution in [0.4, 0.5) is 0 Å². The Labute approximate surface area is 90.2 Å². The third-order valence-electron chi connectivity index (χ3n) is 1.94. The van der Waals surface area contributed by atoms with Gasteiger partial charge >= 0.3 is 11.9 Å². The Balaban J connectivity index is 3.63. The smallest absolute Gasteiger partial charge is 0.333 e. The van der Waals surface area contributed by atoms with Crippen molar-refractivity contribution in [1.82, 2.24) is 0 Å². The summed E-state index contributed by atoms with van der Waals surface area (Å²) < 4.78 is 9.42. The maximum atomic E-state index is 11.0. The van der Waals surface area contributed by atoms with Crippen LogP contribution in [0.1, 0.15) is 26.7 Å². The third kappa shape index (κ3) is 6.71. The van der Waals surface area contributed by atoms with Crippen LogP contribution >= 0.6 is 0 Å². The van der Waals surface area contributed by atoms with E-state index < -0.39 is 0 Å². The molecule has 0 aliphatic carbocycles. The minimum atomic E-state index is -0.389. The Morgan fingerprint density at radius 2 is 2.00 bits per heavy atom. The van der Waals surface area contributed by atoms with Gasteiger partial charge in [0.15, 0.2) is 0 Å². The van der Waals surface area contributed by atoms with Crippen molar-refractivity contribution in [3.8, 4) is 0 Å². The summed E-state index contributed by atoms with van der Waals surface area (Å²) in [6, 6.07) is 0. The van der Waals surface area contributed by atoms with E-state index in [1.807, 2.05) is 6.92 Å². The quantitative estimate of drug-likeness (QED) is 0.498. The van der Waals surface area contributed by atoms with Gasteiger partial charge in [-0.15, -0.1) is 0 Å². The Bertz CT molecular complexity index is 245. The molecule has 86 valence electrons. The van der Waals surface area contributed by atoms with Gasteiger partial charge in [-0.3, -0.25) is 4.79 Å². The van der Waals surface area contributed by atoms with E-state index in [9.17, 15) is 9.59 Å². The fraction of sp³-hybridized carbons (Fsp3) is 0.636. The maximum absolute atomic E-state index is 11.0. The van der Waals surface area contributed by atoms with E-state index in [1.165, 1.54) is 7.11 Å². The summed E-state index contributed by atoms with van der Waals surface area (Å²) >= 11 is 0. The molecule has 4 nitrogen and oxygen atoms in total. The first kappa shape index (κ1) is 13.7. The molecule has 1 unspecified atom stereocenters. The highest BCUT2D eigenvalue weighted by Gasteiger charge is 2.10. The highest BCUT2D eigenvalue weighted by atomic mass is 16.5. The van der Waals surface area contributed by atoms with Gasteiger partial charge in [-0.25, -0.2) is 4.79 Å². The van der Waals surface area contributed by atoms with Crippen LogP contribution in [0.2, 0.25) is 0 Å². The van der Waals surface area contributed by atoms with Gasteiger partial charge in [0.1, 0.15) is 0 Å². The van der Waals surface area contributed by atoms with E-state index in [4.69, 9.17) is 4.74 Å². The monoisotopic (exact) mass is 214 g/mol. The lowest BCUT2D eigenvalue weighted by Gasteiger charge is -2.10. The van der Waals surface area contributed by atoms with E-state index >= 15 is 0 Å². The molecule has 0 rings (SSSR count). The lowest BCUT2D eigenvalue weighted by Crippen LogP contribution is -2.12. The Kier molecular flexibility index (Phi) is 6.42. The molecule has 0 bridgehead atoms. The zero-order valence-corrected chi connectivity index (χ0v) is 9.54. The summed E-state index contributed by atoms with van der Waals surface area (Å²) in [7, 11) is 1.36. The van der Waals surface area contributed by atoms with Crippen molar-refractivity contribution in [2.24, 2.45) is 5.92 Å². The molecular formula is C11H18O4. The van der Waals surface area contributed by atoms with Gasteiger partial charge in [-0.2, -0.15) is 0 Å². The second-order valence-electron chi connectivity index (χ2n) is 3.59. The van der Waals surface area contributed by atoms with Crippen molar-refractivity contribution >= 4 is 11.9 Å². The molecule has 0 aromatic heterocycles. The minimum absolute atomic E-state index is 0.148. The van der Waals surface area contributed by atoms with Gasteiger partial charge in [0.25, 0.3) is 0 Å². The second-order valence-corrected chi connectivity index (χ2v) is 3.59. The first-order chi connectivity index (χ1) is 6.97. The molecule has 0 radical (unpaired) electrons. The number of carbonyl (C=O) groups excluding carboxylic acids is 2. The average Bonchev–Trinajstić information content (AvgIpc) is 2.17. The molecule has 0 heterocycles. The largest absolute Gasteiger partial charge is 0.469 e. The summed E-state index contributed by atoms with van der Waals surface area (Å²) in [6.07, 6.45) is 0.995. The molecule has 0 saturated heterocycles. The van der Waals surface area contributed by atoms with Crippen LogP contribution in [0.3, 0.4) is 0 Å². The van der Waals surface area contributed by atoms with Crippen LogP contribution in [0.25, 0.3) is 0 Å². The fourth-order valence-corrected chi connectivity index (χ4v) is 0.946. The van der Waals surface area contributed by atoms with Crippen LogP contribution in [-0.4, -0.2) is 25.7 Å². The summed E-state index contributed by atoms with van der Waals surface area (Å²) in [5, 5.41) is 0. The van der Waals surface area contributed by atoms with Crippen LogP contribution in [-0.2, 0) is 19.1 Å². The molecule has 0 saturated carbocycles. The van der Waals surface area contributed by atoms with Crippen molar-refractivity contribution < 1.29 is 19.1 Å². The predicted octanol–water partition coefficient (Wildman–Crippen LogP) is 1.70. The number of carbonyl (C=O) groups is 2. The highest BCUT2D eigenvalue weighted by Crippen LogP contribution is 2.08. The van der Waals surface area contributed by atoms with Gasteiger partial charge in [0.2, 0.25) is 0 Å². The van der Waals surface area contributed by atoms with Crippen LogP contribution in [0.15, 0.2) is 12.2 Å². The molecule has 0 spiro atoms. The molecule has 4 heteroatoms. The molecular weight excluding hydrogens is 196 g/mol.